The molecule has 0 spiro atoms. The number of aryl methyl sites for hydroxylation is 2. The van der Waals surface area contributed by atoms with Crippen molar-refractivity contribution >= 4 is 15.9 Å². The lowest BCUT2D eigenvalue weighted by molar-refractivity contribution is 0.127. The van der Waals surface area contributed by atoms with Gasteiger partial charge in [-0.2, -0.15) is 4.98 Å². The molecule has 102 valence electrons. The summed E-state index contributed by atoms with van der Waals surface area (Å²) in [5.41, 5.74) is 8.46. The van der Waals surface area contributed by atoms with Crippen LogP contribution in [0.5, 0.6) is 0 Å². The van der Waals surface area contributed by atoms with Gasteiger partial charge in [0, 0.05) is 10.0 Å². The van der Waals surface area contributed by atoms with Gasteiger partial charge in [0.25, 0.3) is 5.89 Å². The van der Waals surface area contributed by atoms with E-state index in [2.05, 4.69) is 26.1 Å². The normalized spacial score (nSPS) is 12.7. The van der Waals surface area contributed by atoms with E-state index in [1.165, 1.54) is 0 Å². The van der Waals surface area contributed by atoms with Gasteiger partial charge in [0.15, 0.2) is 0 Å². The molecule has 2 rings (SSSR count). The first kappa shape index (κ1) is 14.2. The molecule has 1 aromatic heterocycles. The lowest BCUT2D eigenvalue weighted by atomic mass is 10.1. The molecule has 5 nitrogen and oxygen atoms in total. The van der Waals surface area contributed by atoms with E-state index >= 15 is 0 Å². The number of aromatic nitrogens is 2. The fraction of sp³-hybridized carbons (Fsp3) is 0.385. The summed E-state index contributed by atoms with van der Waals surface area (Å²) in [7, 11) is 0. The van der Waals surface area contributed by atoms with Gasteiger partial charge in [0.2, 0.25) is 5.82 Å². The molecule has 2 aromatic rings. The first-order valence-electron chi connectivity index (χ1n) is 6.01. The molecule has 0 radical (unpaired) electrons. The minimum absolute atomic E-state index is 0.207. The summed E-state index contributed by atoms with van der Waals surface area (Å²) in [5, 5.41) is 13.6. The predicted molar refractivity (Wildman–Crippen MR) is 75.5 cm³/mol. The fourth-order valence-electron chi connectivity index (χ4n) is 1.84. The summed E-state index contributed by atoms with van der Waals surface area (Å²) in [5.74, 6) is 0.684. The molecule has 0 aliphatic heterocycles. The molecule has 0 saturated carbocycles. The number of hydrogen-bond donors (Lipinski definition) is 2. The summed E-state index contributed by atoms with van der Waals surface area (Å²) in [6.45, 7) is 4.38. The summed E-state index contributed by atoms with van der Waals surface area (Å²) < 4.78 is 6.14. The van der Waals surface area contributed by atoms with Crippen molar-refractivity contribution in [3.05, 3.63) is 33.6 Å². The molecule has 0 saturated heterocycles. The molecule has 0 fully saturated rings. The summed E-state index contributed by atoms with van der Waals surface area (Å²) in [6, 6.07) is 3.95. The standard InChI is InChI=1S/C13H16BrN3O2/c1-7-5-9(6-8(2)11(7)14)12-16-13(19-17-12)10(18)3-4-15/h5-6,10,18H,3-4,15H2,1-2H3. The van der Waals surface area contributed by atoms with Crippen LogP contribution in [0, 0.1) is 13.8 Å². The SMILES string of the molecule is Cc1cc(-c2noc(C(O)CCN)n2)cc(C)c1Br. The number of nitrogens with zero attached hydrogens (tertiary/aromatic N) is 2. The Labute approximate surface area is 119 Å². The number of rotatable bonds is 4. The van der Waals surface area contributed by atoms with Crippen molar-refractivity contribution in [1.82, 2.24) is 10.1 Å². The Morgan fingerprint density at radius 1 is 1.37 bits per heavy atom. The molecule has 19 heavy (non-hydrogen) atoms. The molecule has 0 aliphatic rings. The van der Waals surface area contributed by atoms with E-state index in [1.54, 1.807) is 0 Å². The zero-order chi connectivity index (χ0) is 14.0. The van der Waals surface area contributed by atoms with Gasteiger partial charge in [0.1, 0.15) is 6.10 Å². The molecule has 1 heterocycles. The maximum absolute atomic E-state index is 9.75. The third-order valence-corrected chi connectivity index (χ3v) is 4.11. The highest BCUT2D eigenvalue weighted by atomic mass is 79.9. The third-order valence-electron chi connectivity index (χ3n) is 2.86. The van der Waals surface area contributed by atoms with Crippen molar-refractivity contribution in [2.24, 2.45) is 5.73 Å². The molecule has 6 heteroatoms. The van der Waals surface area contributed by atoms with E-state index in [4.69, 9.17) is 10.3 Å². The van der Waals surface area contributed by atoms with E-state index in [9.17, 15) is 5.11 Å². The highest BCUT2D eigenvalue weighted by Gasteiger charge is 2.16. The number of aliphatic hydroxyl groups is 1. The highest BCUT2D eigenvalue weighted by molar-refractivity contribution is 9.10. The minimum Gasteiger partial charge on any atom is -0.383 e. The van der Waals surface area contributed by atoms with Crippen LogP contribution in [0.4, 0.5) is 0 Å². The lowest BCUT2D eigenvalue weighted by Crippen LogP contribution is -2.06. The van der Waals surface area contributed by atoms with Gasteiger partial charge in [-0.25, -0.2) is 0 Å². The predicted octanol–water partition coefficient (Wildman–Crippen LogP) is 2.50. The average Bonchev–Trinajstić information content (AvgIpc) is 2.85. The van der Waals surface area contributed by atoms with Crippen LogP contribution in [-0.2, 0) is 0 Å². The third kappa shape index (κ3) is 3.02. The van der Waals surface area contributed by atoms with Crippen LogP contribution in [0.2, 0.25) is 0 Å². The molecular formula is C13H16BrN3O2. The van der Waals surface area contributed by atoms with Crippen LogP contribution in [0.1, 0.15) is 29.5 Å². The Bertz CT molecular complexity index is 560. The number of aliphatic hydroxyl groups excluding tert-OH is 1. The highest BCUT2D eigenvalue weighted by Crippen LogP contribution is 2.27. The topological polar surface area (TPSA) is 85.2 Å². The Morgan fingerprint density at radius 3 is 2.58 bits per heavy atom. The second-order valence-corrected chi connectivity index (χ2v) is 5.27. The van der Waals surface area contributed by atoms with Gasteiger partial charge in [-0.1, -0.05) is 21.1 Å². The quantitative estimate of drug-likeness (QED) is 0.902. The molecule has 1 unspecified atom stereocenters. The van der Waals surface area contributed by atoms with Crippen LogP contribution in [0.3, 0.4) is 0 Å². The Kier molecular flexibility index (Phi) is 4.34. The van der Waals surface area contributed by atoms with Gasteiger partial charge >= 0.3 is 0 Å². The van der Waals surface area contributed by atoms with E-state index < -0.39 is 6.10 Å². The lowest BCUT2D eigenvalue weighted by Gasteiger charge is -2.04. The second kappa shape index (κ2) is 5.81. The van der Waals surface area contributed by atoms with Crippen molar-refractivity contribution in [3.8, 4) is 11.4 Å². The largest absolute Gasteiger partial charge is 0.383 e. The number of nitrogens with two attached hydrogens (primary N) is 1. The van der Waals surface area contributed by atoms with Crippen LogP contribution >= 0.6 is 15.9 Å². The minimum atomic E-state index is -0.802. The Hall–Kier alpha value is -1.24. The molecule has 3 N–H and O–H groups in total. The number of benzene rings is 1. The average molecular weight is 326 g/mol. The van der Waals surface area contributed by atoms with E-state index in [0.29, 0.717) is 18.8 Å². The zero-order valence-corrected chi connectivity index (χ0v) is 12.4. The molecular weight excluding hydrogens is 310 g/mol. The van der Waals surface area contributed by atoms with Crippen LogP contribution in [0.25, 0.3) is 11.4 Å². The van der Waals surface area contributed by atoms with E-state index in [-0.39, 0.29) is 5.89 Å². The van der Waals surface area contributed by atoms with Gasteiger partial charge in [-0.3, -0.25) is 0 Å². The molecule has 1 aromatic carbocycles. The maximum Gasteiger partial charge on any atom is 0.255 e. The number of hydrogen-bond acceptors (Lipinski definition) is 5. The van der Waals surface area contributed by atoms with Gasteiger partial charge in [-0.15, -0.1) is 0 Å². The van der Waals surface area contributed by atoms with Crippen molar-refractivity contribution in [3.63, 3.8) is 0 Å². The van der Waals surface area contributed by atoms with Crippen LogP contribution < -0.4 is 5.73 Å². The summed E-state index contributed by atoms with van der Waals surface area (Å²) in [6.07, 6.45) is -0.399. The van der Waals surface area contributed by atoms with Gasteiger partial charge in [-0.05, 0) is 50.1 Å². The van der Waals surface area contributed by atoms with Gasteiger partial charge < -0.3 is 15.4 Å². The number of halogens is 1. The molecule has 1 atom stereocenters. The zero-order valence-electron chi connectivity index (χ0n) is 10.9. The molecule has 0 bridgehead atoms. The summed E-state index contributed by atoms with van der Waals surface area (Å²) in [4.78, 5) is 4.21. The first-order chi connectivity index (χ1) is 9.02. The van der Waals surface area contributed by atoms with Crippen molar-refractivity contribution in [1.29, 1.82) is 0 Å². The van der Waals surface area contributed by atoms with Crippen molar-refractivity contribution in [2.75, 3.05) is 6.54 Å². The van der Waals surface area contributed by atoms with Crippen molar-refractivity contribution < 1.29 is 9.63 Å². The van der Waals surface area contributed by atoms with Crippen LogP contribution in [0.15, 0.2) is 21.1 Å². The maximum atomic E-state index is 9.75. The summed E-state index contributed by atoms with van der Waals surface area (Å²) >= 11 is 3.52. The smallest absolute Gasteiger partial charge is 0.255 e. The van der Waals surface area contributed by atoms with Gasteiger partial charge in [0.05, 0.1) is 0 Å². The fourth-order valence-corrected chi connectivity index (χ4v) is 2.07. The second-order valence-electron chi connectivity index (χ2n) is 4.47. The molecule has 0 amide bonds. The van der Waals surface area contributed by atoms with E-state index in [0.717, 1.165) is 21.2 Å². The monoisotopic (exact) mass is 325 g/mol. The van der Waals surface area contributed by atoms with Crippen LogP contribution in [-0.4, -0.2) is 21.8 Å². The molecule has 0 aliphatic carbocycles. The Balaban J connectivity index is 2.33. The van der Waals surface area contributed by atoms with Crippen molar-refractivity contribution in [2.45, 2.75) is 26.4 Å². The van der Waals surface area contributed by atoms with E-state index in [1.807, 2.05) is 26.0 Å². The first-order valence-corrected chi connectivity index (χ1v) is 6.81. The Morgan fingerprint density at radius 2 is 2.00 bits per heavy atom.